The Morgan fingerprint density at radius 2 is 2.05 bits per heavy atom. The maximum absolute atomic E-state index is 11.2. The zero-order valence-electron chi connectivity index (χ0n) is 11.2. The molecule has 0 bridgehead atoms. The highest BCUT2D eigenvalue weighted by atomic mass is 35.5. The highest BCUT2D eigenvalue weighted by molar-refractivity contribution is 6.33. The van der Waals surface area contributed by atoms with Crippen LogP contribution in [-0.2, 0) is 11.3 Å². The molecule has 1 aliphatic rings. The van der Waals surface area contributed by atoms with Crippen LogP contribution in [0.15, 0.2) is 18.2 Å². The molecule has 0 amide bonds. The fourth-order valence-electron chi connectivity index (χ4n) is 2.85. The predicted octanol–water partition coefficient (Wildman–Crippen LogP) is 3.97. The summed E-state index contributed by atoms with van der Waals surface area (Å²) in [4.78, 5) is 11.2. The molecule has 1 aliphatic carbocycles. The van der Waals surface area contributed by atoms with Crippen molar-refractivity contribution in [2.45, 2.75) is 32.2 Å². The number of benzene rings is 1. The van der Waals surface area contributed by atoms with Crippen LogP contribution in [0.2, 0.25) is 10.0 Å². The molecule has 2 rings (SSSR count). The molecule has 1 fully saturated rings. The number of hydrogen-bond acceptors (Lipinski definition) is 2. The molecule has 3 nitrogen and oxygen atoms in total. The molecule has 5 heteroatoms. The third-order valence-corrected chi connectivity index (χ3v) is 4.56. The summed E-state index contributed by atoms with van der Waals surface area (Å²) < 4.78 is 0. The average molecular weight is 316 g/mol. The Kier molecular flexibility index (Phi) is 5.70. The van der Waals surface area contributed by atoms with Crippen molar-refractivity contribution in [2.75, 3.05) is 6.54 Å². The molecule has 0 aromatic heterocycles. The molecular weight excluding hydrogens is 297 g/mol. The lowest BCUT2D eigenvalue weighted by Gasteiger charge is -2.28. The zero-order valence-corrected chi connectivity index (χ0v) is 12.8. The lowest BCUT2D eigenvalue weighted by atomic mass is 9.79. The van der Waals surface area contributed by atoms with Crippen molar-refractivity contribution < 1.29 is 9.90 Å². The fraction of sp³-hybridized carbons (Fsp3) is 0.533. The number of rotatable bonds is 5. The van der Waals surface area contributed by atoms with Gasteiger partial charge in [-0.15, -0.1) is 0 Å². The number of hydrogen-bond donors (Lipinski definition) is 2. The molecule has 20 heavy (non-hydrogen) atoms. The van der Waals surface area contributed by atoms with Gasteiger partial charge in [-0.05, 0) is 49.1 Å². The van der Waals surface area contributed by atoms with Crippen molar-refractivity contribution in [2.24, 2.45) is 11.8 Å². The van der Waals surface area contributed by atoms with Gasteiger partial charge in [0, 0.05) is 16.6 Å². The topological polar surface area (TPSA) is 49.3 Å². The van der Waals surface area contributed by atoms with E-state index < -0.39 is 5.97 Å². The summed E-state index contributed by atoms with van der Waals surface area (Å²) in [6.07, 6.45) is 3.91. The first-order chi connectivity index (χ1) is 9.58. The van der Waals surface area contributed by atoms with Crippen LogP contribution in [0, 0.1) is 11.8 Å². The Bertz CT molecular complexity index is 479. The maximum Gasteiger partial charge on any atom is 0.306 e. The predicted molar refractivity (Wildman–Crippen MR) is 81.3 cm³/mol. The number of carboxylic acids is 1. The summed E-state index contributed by atoms with van der Waals surface area (Å²) in [6, 6.07) is 5.38. The van der Waals surface area contributed by atoms with Gasteiger partial charge in [0.05, 0.1) is 5.92 Å². The SMILES string of the molecule is O=C(O)C1CCCCC1CNCc1cc(Cl)ccc1Cl. The normalized spacial score (nSPS) is 22.7. The molecule has 0 aliphatic heterocycles. The van der Waals surface area contributed by atoms with Crippen molar-refractivity contribution in [3.05, 3.63) is 33.8 Å². The summed E-state index contributed by atoms with van der Waals surface area (Å²) >= 11 is 12.0. The minimum Gasteiger partial charge on any atom is -0.481 e. The Balaban J connectivity index is 1.88. The molecule has 0 heterocycles. The second-order valence-electron chi connectivity index (χ2n) is 5.36. The van der Waals surface area contributed by atoms with Gasteiger partial charge in [0.2, 0.25) is 0 Å². The molecule has 1 aromatic rings. The van der Waals surface area contributed by atoms with Crippen LogP contribution in [0.5, 0.6) is 0 Å². The van der Waals surface area contributed by atoms with Crippen LogP contribution in [0.1, 0.15) is 31.2 Å². The Morgan fingerprint density at radius 1 is 1.30 bits per heavy atom. The first-order valence-corrected chi connectivity index (χ1v) is 7.71. The van der Waals surface area contributed by atoms with E-state index in [0.717, 1.165) is 31.2 Å². The summed E-state index contributed by atoms with van der Waals surface area (Å²) in [5.41, 5.74) is 0.946. The molecule has 0 saturated heterocycles. The summed E-state index contributed by atoms with van der Waals surface area (Å²) in [5.74, 6) is -0.678. The number of carboxylic acid groups (broad SMARTS) is 1. The molecule has 1 aromatic carbocycles. The van der Waals surface area contributed by atoms with Gasteiger partial charge in [-0.2, -0.15) is 0 Å². The standard InChI is InChI=1S/C15H19Cl2NO2/c16-12-5-6-14(17)11(7-12)9-18-8-10-3-1-2-4-13(10)15(19)20/h5-7,10,13,18H,1-4,8-9H2,(H,19,20). The van der Waals surface area contributed by atoms with Gasteiger partial charge in [-0.25, -0.2) is 0 Å². The van der Waals surface area contributed by atoms with E-state index in [9.17, 15) is 9.90 Å². The largest absolute Gasteiger partial charge is 0.481 e. The Morgan fingerprint density at radius 3 is 2.80 bits per heavy atom. The van der Waals surface area contributed by atoms with Crippen LogP contribution in [0.3, 0.4) is 0 Å². The Hall–Kier alpha value is -0.770. The summed E-state index contributed by atoms with van der Waals surface area (Å²) in [7, 11) is 0. The minimum absolute atomic E-state index is 0.208. The average Bonchev–Trinajstić information content (AvgIpc) is 2.43. The second-order valence-corrected chi connectivity index (χ2v) is 6.20. The lowest BCUT2D eigenvalue weighted by molar-refractivity contribution is -0.144. The summed E-state index contributed by atoms with van der Waals surface area (Å²) in [5, 5.41) is 13.9. The van der Waals surface area contributed by atoms with E-state index in [-0.39, 0.29) is 11.8 Å². The van der Waals surface area contributed by atoms with Crippen LogP contribution >= 0.6 is 23.2 Å². The van der Waals surface area contributed by atoms with E-state index in [4.69, 9.17) is 23.2 Å². The fourth-order valence-corrected chi connectivity index (χ4v) is 3.23. The van der Waals surface area contributed by atoms with Crippen molar-refractivity contribution in [3.8, 4) is 0 Å². The van der Waals surface area contributed by atoms with Crippen molar-refractivity contribution in [1.82, 2.24) is 5.32 Å². The van der Waals surface area contributed by atoms with E-state index in [1.165, 1.54) is 0 Å². The first kappa shape index (κ1) is 15.6. The van der Waals surface area contributed by atoms with Crippen molar-refractivity contribution in [3.63, 3.8) is 0 Å². The lowest BCUT2D eigenvalue weighted by Crippen LogP contribution is -2.34. The molecule has 2 atom stereocenters. The van der Waals surface area contributed by atoms with E-state index in [1.54, 1.807) is 12.1 Å². The highest BCUT2D eigenvalue weighted by Crippen LogP contribution is 2.30. The molecule has 2 unspecified atom stereocenters. The van der Waals surface area contributed by atoms with Crippen LogP contribution in [0.4, 0.5) is 0 Å². The molecule has 0 radical (unpaired) electrons. The van der Waals surface area contributed by atoms with Gasteiger partial charge in [0.15, 0.2) is 0 Å². The van der Waals surface area contributed by atoms with E-state index in [0.29, 0.717) is 23.1 Å². The number of halogens is 2. The van der Waals surface area contributed by atoms with E-state index in [2.05, 4.69) is 5.32 Å². The number of aliphatic carboxylic acids is 1. The van der Waals surface area contributed by atoms with Gasteiger partial charge in [0.25, 0.3) is 0 Å². The quantitative estimate of drug-likeness (QED) is 0.864. The molecule has 110 valence electrons. The van der Waals surface area contributed by atoms with Crippen LogP contribution < -0.4 is 5.32 Å². The molecular formula is C15H19Cl2NO2. The minimum atomic E-state index is -0.669. The Labute approximate surface area is 129 Å². The molecule has 2 N–H and O–H groups in total. The van der Waals surface area contributed by atoms with Crippen molar-refractivity contribution in [1.29, 1.82) is 0 Å². The maximum atomic E-state index is 11.2. The van der Waals surface area contributed by atoms with Crippen LogP contribution in [0.25, 0.3) is 0 Å². The third-order valence-electron chi connectivity index (χ3n) is 3.96. The van der Waals surface area contributed by atoms with Gasteiger partial charge in [-0.1, -0.05) is 36.0 Å². The van der Waals surface area contributed by atoms with Gasteiger partial charge >= 0.3 is 5.97 Å². The molecule has 1 saturated carbocycles. The monoisotopic (exact) mass is 315 g/mol. The number of nitrogens with one attached hydrogen (secondary N) is 1. The first-order valence-electron chi connectivity index (χ1n) is 6.95. The second kappa shape index (κ2) is 7.30. The van der Waals surface area contributed by atoms with E-state index >= 15 is 0 Å². The van der Waals surface area contributed by atoms with Crippen LogP contribution in [-0.4, -0.2) is 17.6 Å². The third kappa shape index (κ3) is 4.11. The highest BCUT2D eigenvalue weighted by Gasteiger charge is 2.30. The van der Waals surface area contributed by atoms with Gasteiger partial charge < -0.3 is 10.4 Å². The zero-order chi connectivity index (χ0) is 14.5. The summed E-state index contributed by atoms with van der Waals surface area (Å²) in [6.45, 7) is 1.32. The number of carbonyl (C=O) groups is 1. The molecule has 0 spiro atoms. The van der Waals surface area contributed by atoms with E-state index in [1.807, 2.05) is 6.07 Å². The van der Waals surface area contributed by atoms with Gasteiger partial charge in [-0.3, -0.25) is 4.79 Å². The smallest absolute Gasteiger partial charge is 0.306 e. The van der Waals surface area contributed by atoms with Crippen molar-refractivity contribution >= 4 is 29.2 Å². The van der Waals surface area contributed by atoms with Gasteiger partial charge in [0.1, 0.15) is 0 Å².